The van der Waals surface area contributed by atoms with Crippen molar-refractivity contribution in [3.8, 4) is 0 Å². The molecule has 0 bridgehead atoms. The fourth-order valence-electron chi connectivity index (χ4n) is 2.09. The molecule has 1 aromatic heterocycles. The molecule has 2 heterocycles. The van der Waals surface area contributed by atoms with Crippen LogP contribution in [0.1, 0.15) is 24.8 Å². The van der Waals surface area contributed by atoms with Crippen LogP contribution in [0.25, 0.3) is 0 Å². The van der Waals surface area contributed by atoms with Crippen LogP contribution in [0.5, 0.6) is 0 Å². The van der Waals surface area contributed by atoms with Gasteiger partial charge < -0.3 is 10.6 Å². The Labute approximate surface area is 105 Å². The van der Waals surface area contributed by atoms with Gasteiger partial charge in [0.2, 0.25) is 0 Å². The van der Waals surface area contributed by atoms with Crippen molar-refractivity contribution in [3.05, 3.63) is 22.3 Å². The number of hydrogen-bond donors (Lipinski definition) is 2. The number of aromatic nitrogens is 1. The van der Waals surface area contributed by atoms with E-state index >= 15 is 0 Å². The van der Waals surface area contributed by atoms with Gasteiger partial charge in [0.1, 0.15) is 5.82 Å². The van der Waals surface area contributed by atoms with Crippen LogP contribution in [0.3, 0.4) is 0 Å². The van der Waals surface area contributed by atoms with Crippen molar-refractivity contribution >= 4 is 21.7 Å². The third-order valence-electron chi connectivity index (χ3n) is 2.99. The van der Waals surface area contributed by atoms with E-state index in [0.717, 1.165) is 16.8 Å². The molecular formula is C12H18BrN3. The van der Waals surface area contributed by atoms with Gasteiger partial charge in [0.05, 0.1) is 0 Å². The highest BCUT2D eigenvalue weighted by Gasteiger charge is 2.13. The smallest absolute Gasteiger partial charge is 0.128 e. The Kier molecular flexibility index (Phi) is 4.18. The van der Waals surface area contributed by atoms with Crippen molar-refractivity contribution in [1.29, 1.82) is 0 Å². The molecule has 0 amide bonds. The summed E-state index contributed by atoms with van der Waals surface area (Å²) in [5.74, 6) is 1.00. The molecule has 1 saturated heterocycles. The molecule has 1 aliphatic rings. The quantitative estimate of drug-likeness (QED) is 0.892. The number of nitrogens with one attached hydrogen (secondary N) is 2. The van der Waals surface area contributed by atoms with Gasteiger partial charge in [0, 0.05) is 23.3 Å². The average molecular weight is 284 g/mol. The van der Waals surface area contributed by atoms with E-state index in [0.29, 0.717) is 6.04 Å². The lowest BCUT2D eigenvalue weighted by molar-refractivity contribution is 0.574. The van der Waals surface area contributed by atoms with Gasteiger partial charge in [0.15, 0.2) is 0 Å². The lowest BCUT2D eigenvalue weighted by atomic mass is 10.1. The van der Waals surface area contributed by atoms with Crippen LogP contribution in [-0.4, -0.2) is 24.1 Å². The fourth-order valence-corrected chi connectivity index (χ4v) is 2.54. The highest BCUT2D eigenvalue weighted by Crippen LogP contribution is 2.17. The minimum Gasteiger partial charge on any atom is -0.370 e. The second-order valence-corrected chi connectivity index (χ2v) is 5.24. The minimum absolute atomic E-state index is 0.697. The van der Waals surface area contributed by atoms with Crippen LogP contribution >= 0.6 is 15.9 Å². The zero-order valence-electron chi connectivity index (χ0n) is 9.59. The molecule has 1 aromatic rings. The van der Waals surface area contributed by atoms with Crippen LogP contribution in [0, 0.1) is 6.92 Å². The summed E-state index contributed by atoms with van der Waals surface area (Å²) in [6.45, 7) is 4.25. The monoisotopic (exact) mass is 283 g/mol. The maximum atomic E-state index is 4.36. The SMILES string of the molecule is Cc1cc(Br)cnc1NCC[C@H]1CCCN1. The number of halogens is 1. The first kappa shape index (κ1) is 11.9. The molecule has 16 heavy (non-hydrogen) atoms. The van der Waals surface area contributed by atoms with E-state index in [-0.39, 0.29) is 0 Å². The Morgan fingerprint density at radius 2 is 2.50 bits per heavy atom. The van der Waals surface area contributed by atoms with E-state index in [4.69, 9.17) is 0 Å². The van der Waals surface area contributed by atoms with Crippen LogP contribution in [0.2, 0.25) is 0 Å². The van der Waals surface area contributed by atoms with Gasteiger partial charge in [-0.2, -0.15) is 0 Å². The number of nitrogens with zero attached hydrogens (tertiary/aromatic N) is 1. The summed E-state index contributed by atoms with van der Waals surface area (Å²) in [4.78, 5) is 4.36. The molecule has 3 nitrogen and oxygen atoms in total. The molecule has 1 fully saturated rings. The number of hydrogen-bond acceptors (Lipinski definition) is 3. The first-order chi connectivity index (χ1) is 7.75. The molecule has 0 radical (unpaired) electrons. The number of anilines is 1. The average Bonchev–Trinajstić information content (AvgIpc) is 2.74. The largest absolute Gasteiger partial charge is 0.370 e. The molecule has 0 aliphatic carbocycles. The highest BCUT2D eigenvalue weighted by molar-refractivity contribution is 9.10. The first-order valence-corrected chi connectivity index (χ1v) is 6.64. The van der Waals surface area contributed by atoms with Gasteiger partial charge >= 0.3 is 0 Å². The Bertz CT molecular complexity index is 348. The van der Waals surface area contributed by atoms with Gasteiger partial charge in [-0.1, -0.05) is 0 Å². The van der Waals surface area contributed by atoms with Crippen LogP contribution in [0.15, 0.2) is 16.7 Å². The first-order valence-electron chi connectivity index (χ1n) is 5.85. The summed E-state index contributed by atoms with van der Waals surface area (Å²) in [7, 11) is 0. The van der Waals surface area contributed by atoms with Gasteiger partial charge in [0.25, 0.3) is 0 Å². The zero-order valence-corrected chi connectivity index (χ0v) is 11.2. The molecule has 0 spiro atoms. The molecule has 4 heteroatoms. The summed E-state index contributed by atoms with van der Waals surface area (Å²) in [6, 6.07) is 2.78. The summed E-state index contributed by atoms with van der Waals surface area (Å²) in [5.41, 5.74) is 1.19. The Hall–Kier alpha value is -0.610. The molecule has 2 N–H and O–H groups in total. The van der Waals surface area contributed by atoms with E-state index < -0.39 is 0 Å². The van der Waals surface area contributed by atoms with Crippen molar-refractivity contribution < 1.29 is 0 Å². The highest BCUT2D eigenvalue weighted by atomic mass is 79.9. The molecule has 2 rings (SSSR count). The Morgan fingerprint density at radius 3 is 3.19 bits per heavy atom. The van der Waals surface area contributed by atoms with Gasteiger partial charge in [-0.3, -0.25) is 0 Å². The maximum Gasteiger partial charge on any atom is 0.128 e. The van der Waals surface area contributed by atoms with Gasteiger partial charge in [-0.25, -0.2) is 4.98 Å². The lowest BCUT2D eigenvalue weighted by Gasteiger charge is -2.12. The molecule has 1 atom stereocenters. The summed E-state index contributed by atoms with van der Waals surface area (Å²) in [5, 5.41) is 6.89. The molecule has 88 valence electrons. The third kappa shape index (κ3) is 3.19. The van der Waals surface area contributed by atoms with E-state index in [2.05, 4.69) is 44.5 Å². The van der Waals surface area contributed by atoms with Gasteiger partial charge in [-0.05, 0) is 60.3 Å². The number of pyridine rings is 1. The second kappa shape index (κ2) is 5.64. The van der Waals surface area contributed by atoms with E-state index in [1.807, 2.05) is 6.20 Å². The molecular weight excluding hydrogens is 266 g/mol. The van der Waals surface area contributed by atoms with Crippen molar-refractivity contribution in [2.75, 3.05) is 18.4 Å². The Balaban J connectivity index is 1.80. The fraction of sp³-hybridized carbons (Fsp3) is 0.583. The van der Waals surface area contributed by atoms with Crippen molar-refractivity contribution in [3.63, 3.8) is 0 Å². The third-order valence-corrected chi connectivity index (χ3v) is 3.43. The van der Waals surface area contributed by atoms with Crippen LogP contribution < -0.4 is 10.6 Å². The zero-order chi connectivity index (χ0) is 11.4. The van der Waals surface area contributed by atoms with Crippen molar-refractivity contribution in [2.45, 2.75) is 32.2 Å². The van der Waals surface area contributed by atoms with E-state index in [1.165, 1.54) is 31.4 Å². The lowest BCUT2D eigenvalue weighted by Crippen LogP contribution is -2.24. The standard InChI is InChI=1S/C12H18BrN3/c1-9-7-10(13)8-16-12(9)15-6-4-11-3-2-5-14-11/h7-8,11,14H,2-6H2,1H3,(H,15,16)/t11-/m1/s1. The van der Waals surface area contributed by atoms with Crippen LogP contribution in [0.4, 0.5) is 5.82 Å². The predicted octanol–water partition coefficient (Wildman–Crippen LogP) is 2.71. The number of rotatable bonds is 4. The normalized spacial score (nSPS) is 20.0. The maximum absolute atomic E-state index is 4.36. The second-order valence-electron chi connectivity index (χ2n) is 4.33. The summed E-state index contributed by atoms with van der Waals surface area (Å²) < 4.78 is 1.04. The predicted molar refractivity (Wildman–Crippen MR) is 70.8 cm³/mol. The minimum atomic E-state index is 0.697. The van der Waals surface area contributed by atoms with E-state index in [9.17, 15) is 0 Å². The molecule has 0 unspecified atom stereocenters. The summed E-state index contributed by atoms with van der Waals surface area (Å²) in [6.07, 6.45) is 5.65. The molecule has 1 aliphatic heterocycles. The molecule has 0 aromatic carbocycles. The van der Waals surface area contributed by atoms with Crippen molar-refractivity contribution in [1.82, 2.24) is 10.3 Å². The van der Waals surface area contributed by atoms with Crippen molar-refractivity contribution in [2.24, 2.45) is 0 Å². The van der Waals surface area contributed by atoms with E-state index in [1.54, 1.807) is 0 Å². The van der Waals surface area contributed by atoms with Crippen LogP contribution in [-0.2, 0) is 0 Å². The topological polar surface area (TPSA) is 37.0 Å². The molecule has 0 saturated carbocycles. The number of aryl methyl sites for hydroxylation is 1. The van der Waals surface area contributed by atoms with Gasteiger partial charge in [-0.15, -0.1) is 0 Å². The summed E-state index contributed by atoms with van der Waals surface area (Å²) >= 11 is 3.42. The Morgan fingerprint density at radius 1 is 1.62 bits per heavy atom.